The fraction of sp³-hybridized carbons (Fsp3) is 0.571. The highest BCUT2D eigenvalue weighted by Gasteiger charge is 2.17. The van der Waals surface area contributed by atoms with Crippen LogP contribution < -0.4 is 5.73 Å². The van der Waals surface area contributed by atoms with E-state index >= 15 is 0 Å². The maximum atomic E-state index is 5.84. The third-order valence-electron chi connectivity index (χ3n) is 3.18. The van der Waals surface area contributed by atoms with Gasteiger partial charge in [-0.1, -0.05) is 12.1 Å². The predicted octanol–water partition coefficient (Wildman–Crippen LogP) is 2.13. The maximum absolute atomic E-state index is 5.84. The Balaban J connectivity index is 1.82. The first-order valence-corrected chi connectivity index (χ1v) is 7.42. The lowest BCUT2D eigenvalue weighted by atomic mass is 10.1. The van der Waals surface area contributed by atoms with Crippen LogP contribution in [-0.4, -0.2) is 43.5 Å². The van der Waals surface area contributed by atoms with Crippen LogP contribution in [0.15, 0.2) is 29.2 Å². The number of nitrogens with zero attached hydrogens (tertiary/aromatic N) is 1. The van der Waals surface area contributed by atoms with Crippen molar-refractivity contribution >= 4 is 11.8 Å². The number of hydrogen-bond donors (Lipinski definition) is 1. The van der Waals surface area contributed by atoms with Crippen molar-refractivity contribution in [2.45, 2.75) is 24.0 Å². The number of hydrogen-bond acceptors (Lipinski definition) is 4. The number of likely N-dealkylation sites (N-methyl/N-ethyl adjacent to an activating group) is 1. The standard InChI is InChI=1S/C14H22N2OS/c1-11(15)12-3-5-14(6-4-12)18-10-13-9-16(2)7-8-17-13/h3-6,11,13H,7-10,15H2,1-2H3. The van der Waals surface area contributed by atoms with Crippen molar-refractivity contribution in [1.82, 2.24) is 4.90 Å². The first-order valence-electron chi connectivity index (χ1n) is 6.43. The van der Waals surface area contributed by atoms with E-state index in [4.69, 9.17) is 10.5 Å². The van der Waals surface area contributed by atoms with E-state index in [0.29, 0.717) is 6.10 Å². The largest absolute Gasteiger partial charge is 0.375 e. The Morgan fingerprint density at radius 2 is 2.17 bits per heavy atom. The molecule has 4 heteroatoms. The molecule has 3 nitrogen and oxygen atoms in total. The number of thioether (sulfide) groups is 1. The number of ether oxygens (including phenoxy) is 1. The lowest BCUT2D eigenvalue weighted by molar-refractivity contribution is -0.00598. The van der Waals surface area contributed by atoms with Gasteiger partial charge >= 0.3 is 0 Å². The summed E-state index contributed by atoms with van der Waals surface area (Å²) in [5.74, 6) is 1.02. The number of nitrogens with two attached hydrogens (primary N) is 1. The Bertz CT molecular complexity index is 367. The van der Waals surface area contributed by atoms with Crippen molar-refractivity contribution in [3.05, 3.63) is 29.8 Å². The van der Waals surface area contributed by atoms with Crippen LogP contribution in [0.5, 0.6) is 0 Å². The minimum atomic E-state index is 0.111. The van der Waals surface area contributed by atoms with Gasteiger partial charge < -0.3 is 15.4 Å². The van der Waals surface area contributed by atoms with Gasteiger partial charge in [-0.05, 0) is 31.7 Å². The average Bonchev–Trinajstić information content (AvgIpc) is 2.37. The van der Waals surface area contributed by atoms with Gasteiger partial charge in [-0.25, -0.2) is 0 Å². The molecule has 0 aromatic heterocycles. The van der Waals surface area contributed by atoms with Crippen LogP contribution in [0.2, 0.25) is 0 Å². The Kier molecular flexibility index (Phi) is 5.06. The minimum Gasteiger partial charge on any atom is -0.375 e. The fourth-order valence-electron chi connectivity index (χ4n) is 2.02. The van der Waals surface area contributed by atoms with Crippen LogP contribution in [-0.2, 0) is 4.74 Å². The Morgan fingerprint density at radius 3 is 2.78 bits per heavy atom. The molecular weight excluding hydrogens is 244 g/mol. The average molecular weight is 266 g/mol. The number of rotatable bonds is 4. The van der Waals surface area contributed by atoms with E-state index in [2.05, 4.69) is 36.2 Å². The molecule has 0 bridgehead atoms. The summed E-state index contributed by atoms with van der Waals surface area (Å²) in [4.78, 5) is 3.62. The van der Waals surface area contributed by atoms with E-state index < -0.39 is 0 Å². The van der Waals surface area contributed by atoms with Gasteiger partial charge in [-0.2, -0.15) is 0 Å². The van der Waals surface area contributed by atoms with Crippen LogP contribution in [0.25, 0.3) is 0 Å². The van der Waals surface area contributed by atoms with Gasteiger partial charge in [0.25, 0.3) is 0 Å². The van der Waals surface area contributed by atoms with Gasteiger partial charge in [0, 0.05) is 29.8 Å². The lowest BCUT2D eigenvalue weighted by Crippen LogP contribution is -2.41. The van der Waals surface area contributed by atoms with Gasteiger partial charge in [-0.15, -0.1) is 11.8 Å². The van der Waals surface area contributed by atoms with Gasteiger partial charge in [0.05, 0.1) is 12.7 Å². The summed E-state index contributed by atoms with van der Waals surface area (Å²) in [6.07, 6.45) is 0.349. The van der Waals surface area contributed by atoms with Crippen LogP contribution in [0.1, 0.15) is 18.5 Å². The normalized spacial score (nSPS) is 22.9. The first kappa shape index (κ1) is 13.9. The van der Waals surface area contributed by atoms with Crippen molar-refractivity contribution in [3.8, 4) is 0 Å². The van der Waals surface area contributed by atoms with Crippen molar-refractivity contribution in [3.63, 3.8) is 0 Å². The molecule has 100 valence electrons. The topological polar surface area (TPSA) is 38.5 Å². The second kappa shape index (κ2) is 6.57. The summed E-state index contributed by atoms with van der Waals surface area (Å²) in [6.45, 7) is 4.94. The van der Waals surface area contributed by atoms with E-state index in [9.17, 15) is 0 Å². The summed E-state index contributed by atoms with van der Waals surface area (Å²) >= 11 is 1.86. The zero-order valence-electron chi connectivity index (χ0n) is 11.1. The SMILES string of the molecule is CC(N)c1ccc(SCC2CN(C)CCO2)cc1. The monoisotopic (exact) mass is 266 g/mol. The third-order valence-corrected chi connectivity index (χ3v) is 4.33. The highest BCUT2D eigenvalue weighted by atomic mass is 32.2. The van der Waals surface area contributed by atoms with Crippen LogP contribution >= 0.6 is 11.8 Å². The molecule has 1 aromatic carbocycles. The molecule has 2 N–H and O–H groups in total. The molecule has 2 rings (SSSR count). The quantitative estimate of drug-likeness (QED) is 0.847. The summed E-state index contributed by atoms with van der Waals surface area (Å²) in [5, 5.41) is 0. The second-order valence-corrected chi connectivity index (χ2v) is 6.02. The summed E-state index contributed by atoms with van der Waals surface area (Å²) in [7, 11) is 2.15. The molecular formula is C14H22N2OS. The highest BCUT2D eigenvalue weighted by molar-refractivity contribution is 7.99. The molecule has 1 heterocycles. The Hall–Kier alpha value is -0.550. The molecule has 1 saturated heterocycles. The van der Waals surface area contributed by atoms with Gasteiger partial charge in [-0.3, -0.25) is 0 Å². The fourth-order valence-corrected chi connectivity index (χ4v) is 2.93. The van der Waals surface area contributed by atoms with Gasteiger partial charge in [0.2, 0.25) is 0 Å². The second-order valence-electron chi connectivity index (χ2n) is 4.92. The molecule has 2 atom stereocenters. The van der Waals surface area contributed by atoms with E-state index in [0.717, 1.165) is 25.4 Å². The van der Waals surface area contributed by atoms with Crippen LogP contribution in [0.3, 0.4) is 0 Å². The van der Waals surface area contributed by atoms with E-state index in [-0.39, 0.29) is 6.04 Å². The Labute approximate surface area is 114 Å². The Morgan fingerprint density at radius 1 is 1.44 bits per heavy atom. The molecule has 0 spiro atoms. The predicted molar refractivity (Wildman–Crippen MR) is 77.0 cm³/mol. The number of benzene rings is 1. The van der Waals surface area contributed by atoms with Crippen molar-refractivity contribution in [2.24, 2.45) is 5.73 Å². The van der Waals surface area contributed by atoms with Crippen molar-refractivity contribution in [2.75, 3.05) is 32.5 Å². The molecule has 0 saturated carbocycles. The maximum Gasteiger partial charge on any atom is 0.0796 e. The zero-order valence-corrected chi connectivity index (χ0v) is 12.0. The van der Waals surface area contributed by atoms with E-state index in [1.807, 2.05) is 18.7 Å². The molecule has 1 aromatic rings. The third kappa shape index (κ3) is 3.99. The zero-order chi connectivity index (χ0) is 13.0. The molecule has 1 aliphatic rings. The summed E-state index contributed by atoms with van der Waals surface area (Å²) < 4.78 is 5.75. The first-order chi connectivity index (χ1) is 8.65. The lowest BCUT2D eigenvalue weighted by Gasteiger charge is -2.29. The van der Waals surface area contributed by atoms with E-state index in [1.54, 1.807) is 0 Å². The molecule has 0 aliphatic carbocycles. The van der Waals surface area contributed by atoms with Gasteiger partial charge in [0.15, 0.2) is 0 Å². The molecule has 1 aliphatic heterocycles. The van der Waals surface area contributed by atoms with E-state index in [1.165, 1.54) is 10.5 Å². The molecule has 0 amide bonds. The van der Waals surface area contributed by atoms with Crippen molar-refractivity contribution in [1.29, 1.82) is 0 Å². The summed E-state index contributed by atoms with van der Waals surface area (Å²) in [6, 6.07) is 8.63. The highest BCUT2D eigenvalue weighted by Crippen LogP contribution is 2.22. The summed E-state index contributed by atoms with van der Waals surface area (Å²) in [5.41, 5.74) is 7.03. The molecule has 18 heavy (non-hydrogen) atoms. The van der Waals surface area contributed by atoms with Gasteiger partial charge in [0.1, 0.15) is 0 Å². The molecule has 0 radical (unpaired) electrons. The van der Waals surface area contributed by atoms with Crippen LogP contribution in [0.4, 0.5) is 0 Å². The molecule has 2 unspecified atom stereocenters. The van der Waals surface area contributed by atoms with Crippen LogP contribution in [0, 0.1) is 0 Å². The molecule has 1 fully saturated rings. The minimum absolute atomic E-state index is 0.111. The smallest absolute Gasteiger partial charge is 0.0796 e. The van der Waals surface area contributed by atoms with Crippen molar-refractivity contribution < 1.29 is 4.74 Å². The number of morpholine rings is 1.